The van der Waals surface area contributed by atoms with E-state index in [0.29, 0.717) is 22.9 Å². The highest BCUT2D eigenvalue weighted by Gasteiger charge is 2.09. The normalized spacial score (nSPS) is 10.5. The maximum atomic E-state index is 11.2. The predicted octanol–water partition coefficient (Wildman–Crippen LogP) is 1.89. The molecule has 0 aliphatic rings. The van der Waals surface area contributed by atoms with Gasteiger partial charge in [0.2, 0.25) is 0 Å². The van der Waals surface area contributed by atoms with Crippen LogP contribution in [0.1, 0.15) is 17.3 Å². The van der Waals surface area contributed by atoms with Crippen LogP contribution in [0.15, 0.2) is 30.6 Å². The first-order chi connectivity index (χ1) is 9.97. The van der Waals surface area contributed by atoms with E-state index in [1.165, 1.54) is 13.3 Å². The molecule has 0 saturated heterocycles. The first kappa shape index (κ1) is 14.7. The Bertz CT molecular complexity index is 638. The van der Waals surface area contributed by atoms with Crippen LogP contribution >= 0.6 is 0 Å². The highest BCUT2D eigenvalue weighted by molar-refractivity contribution is 5.94. The fourth-order valence-corrected chi connectivity index (χ4v) is 1.72. The molecule has 0 radical (unpaired) electrons. The van der Waals surface area contributed by atoms with Crippen LogP contribution in [-0.2, 0) is 0 Å². The van der Waals surface area contributed by atoms with Crippen molar-refractivity contribution in [2.24, 2.45) is 0 Å². The Balaban J connectivity index is 2.21. The van der Waals surface area contributed by atoms with Crippen molar-refractivity contribution >= 4 is 28.8 Å². The standard InChI is InChI=1S/C14H18N6O/c1-9(21)10-4-6-11(7-5-10)18-13-12(15)14(17-8-16-13)19-20(2)3/h4-8H,15H2,1-3H3,(H2,16,17,18,19). The summed E-state index contributed by atoms with van der Waals surface area (Å²) in [6, 6.07) is 7.11. The molecule has 0 saturated carbocycles. The molecule has 0 spiro atoms. The Labute approximate surface area is 123 Å². The lowest BCUT2D eigenvalue weighted by Crippen LogP contribution is -2.21. The number of carbonyl (C=O) groups is 1. The maximum Gasteiger partial charge on any atom is 0.169 e. The number of hydrazine groups is 1. The van der Waals surface area contributed by atoms with E-state index in [1.54, 1.807) is 29.3 Å². The largest absolute Gasteiger partial charge is 0.393 e. The van der Waals surface area contributed by atoms with Gasteiger partial charge in [-0.2, -0.15) is 0 Å². The summed E-state index contributed by atoms with van der Waals surface area (Å²) in [6.45, 7) is 1.53. The second kappa shape index (κ2) is 6.19. The lowest BCUT2D eigenvalue weighted by Gasteiger charge is -2.16. The molecule has 21 heavy (non-hydrogen) atoms. The quantitative estimate of drug-likeness (QED) is 0.570. The van der Waals surface area contributed by atoms with Gasteiger partial charge in [0.05, 0.1) is 0 Å². The number of aromatic nitrogens is 2. The number of benzene rings is 1. The number of nitrogens with zero attached hydrogens (tertiary/aromatic N) is 3. The molecule has 110 valence electrons. The number of carbonyl (C=O) groups excluding carboxylic acids is 1. The molecule has 1 aromatic heterocycles. The lowest BCUT2D eigenvalue weighted by atomic mass is 10.1. The zero-order chi connectivity index (χ0) is 15.4. The minimum atomic E-state index is 0.0283. The van der Waals surface area contributed by atoms with E-state index in [0.717, 1.165) is 5.69 Å². The Morgan fingerprint density at radius 3 is 2.33 bits per heavy atom. The van der Waals surface area contributed by atoms with Crippen LogP contribution in [0, 0.1) is 0 Å². The molecule has 0 aliphatic carbocycles. The second-order valence-electron chi connectivity index (χ2n) is 4.75. The highest BCUT2D eigenvalue weighted by atomic mass is 16.1. The first-order valence-corrected chi connectivity index (χ1v) is 6.40. The number of nitrogens with one attached hydrogen (secondary N) is 2. The van der Waals surface area contributed by atoms with Crippen LogP contribution in [0.3, 0.4) is 0 Å². The van der Waals surface area contributed by atoms with E-state index >= 15 is 0 Å². The Morgan fingerprint density at radius 1 is 1.14 bits per heavy atom. The number of hydrogen-bond donors (Lipinski definition) is 3. The van der Waals surface area contributed by atoms with E-state index in [2.05, 4.69) is 20.7 Å². The van der Waals surface area contributed by atoms with Crippen LogP contribution < -0.4 is 16.5 Å². The Kier molecular flexibility index (Phi) is 4.34. The average molecular weight is 286 g/mol. The molecule has 0 bridgehead atoms. The van der Waals surface area contributed by atoms with Gasteiger partial charge >= 0.3 is 0 Å². The zero-order valence-corrected chi connectivity index (χ0v) is 12.2. The van der Waals surface area contributed by atoms with Gasteiger partial charge in [0.25, 0.3) is 0 Å². The number of nitrogens with two attached hydrogens (primary N) is 1. The molecule has 2 aromatic rings. The van der Waals surface area contributed by atoms with Crippen LogP contribution in [-0.4, -0.2) is 34.9 Å². The number of anilines is 4. The SMILES string of the molecule is CC(=O)c1ccc(Nc2ncnc(NN(C)C)c2N)cc1. The molecule has 1 aromatic carbocycles. The smallest absolute Gasteiger partial charge is 0.169 e. The van der Waals surface area contributed by atoms with Gasteiger partial charge in [0, 0.05) is 25.3 Å². The third-order valence-corrected chi connectivity index (χ3v) is 2.77. The number of hydrogen-bond acceptors (Lipinski definition) is 7. The summed E-state index contributed by atoms with van der Waals surface area (Å²) >= 11 is 0. The van der Waals surface area contributed by atoms with E-state index in [9.17, 15) is 4.79 Å². The van der Waals surface area contributed by atoms with E-state index < -0.39 is 0 Å². The number of nitrogen functional groups attached to an aromatic ring is 1. The van der Waals surface area contributed by atoms with Gasteiger partial charge in [0.1, 0.15) is 12.0 Å². The average Bonchev–Trinajstić information content (AvgIpc) is 2.43. The van der Waals surface area contributed by atoms with Gasteiger partial charge in [0.15, 0.2) is 17.4 Å². The fourth-order valence-electron chi connectivity index (χ4n) is 1.72. The Morgan fingerprint density at radius 2 is 1.76 bits per heavy atom. The summed E-state index contributed by atoms with van der Waals surface area (Å²) in [7, 11) is 3.68. The molecule has 0 fully saturated rings. The predicted molar refractivity (Wildman–Crippen MR) is 83.5 cm³/mol. The van der Waals surface area contributed by atoms with Gasteiger partial charge in [-0.3, -0.25) is 4.79 Å². The van der Waals surface area contributed by atoms with Crippen molar-refractivity contribution in [3.63, 3.8) is 0 Å². The molecule has 0 aliphatic heterocycles. The molecule has 1 heterocycles. The van der Waals surface area contributed by atoms with Crippen molar-refractivity contribution in [1.29, 1.82) is 0 Å². The molecule has 0 atom stereocenters. The number of Topliss-reactive ketones (excluding diaryl/α,β-unsaturated/α-hetero) is 1. The van der Waals surface area contributed by atoms with E-state index in [4.69, 9.17) is 5.73 Å². The van der Waals surface area contributed by atoms with Gasteiger partial charge in [-0.05, 0) is 31.2 Å². The van der Waals surface area contributed by atoms with Crippen LogP contribution in [0.2, 0.25) is 0 Å². The maximum absolute atomic E-state index is 11.2. The fraction of sp³-hybridized carbons (Fsp3) is 0.214. The van der Waals surface area contributed by atoms with Crippen molar-refractivity contribution in [1.82, 2.24) is 15.0 Å². The summed E-state index contributed by atoms with van der Waals surface area (Å²) in [5.41, 5.74) is 10.9. The Hall–Kier alpha value is -2.67. The molecule has 7 nitrogen and oxygen atoms in total. The highest BCUT2D eigenvalue weighted by Crippen LogP contribution is 2.25. The van der Waals surface area contributed by atoms with Gasteiger partial charge < -0.3 is 16.5 Å². The molecule has 4 N–H and O–H groups in total. The van der Waals surface area contributed by atoms with Crippen molar-refractivity contribution in [3.05, 3.63) is 36.2 Å². The number of rotatable bonds is 5. The molecule has 0 amide bonds. The summed E-state index contributed by atoms with van der Waals surface area (Å²) in [5.74, 6) is 1.06. The van der Waals surface area contributed by atoms with Crippen LogP contribution in [0.25, 0.3) is 0 Å². The minimum Gasteiger partial charge on any atom is -0.393 e. The molecule has 7 heteroatoms. The zero-order valence-electron chi connectivity index (χ0n) is 12.2. The summed E-state index contributed by atoms with van der Waals surface area (Å²) in [4.78, 5) is 19.5. The first-order valence-electron chi connectivity index (χ1n) is 6.40. The van der Waals surface area contributed by atoms with E-state index in [1.807, 2.05) is 14.1 Å². The lowest BCUT2D eigenvalue weighted by molar-refractivity contribution is 0.101. The minimum absolute atomic E-state index is 0.0283. The third kappa shape index (κ3) is 3.67. The second-order valence-corrected chi connectivity index (χ2v) is 4.75. The topological polar surface area (TPSA) is 96.2 Å². The van der Waals surface area contributed by atoms with Gasteiger partial charge in [-0.1, -0.05) is 0 Å². The van der Waals surface area contributed by atoms with Crippen molar-refractivity contribution in [2.75, 3.05) is 30.6 Å². The van der Waals surface area contributed by atoms with E-state index in [-0.39, 0.29) is 5.78 Å². The summed E-state index contributed by atoms with van der Waals surface area (Å²) in [5, 5.41) is 4.85. The monoisotopic (exact) mass is 286 g/mol. The summed E-state index contributed by atoms with van der Waals surface area (Å²) < 4.78 is 0. The van der Waals surface area contributed by atoms with Gasteiger partial charge in [-0.25, -0.2) is 15.0 Å². The van der Waals surface area contributed by atoms with Crippen LogP contribution in [0.5, 0.6) is 0 Å². The van der Waals surface area contributed by atoms with Crippen molar-refractivity contribution < 1.29 is 4.79 Å². The van der Waals surface area contributed by atoms with Crippen LogP contribution in [0.4, 0.5) is 23.0 Å². The molecular formula is C14H18N6O. The molecule has 0 unspecified atom stereocenters. The van der Waals surface area contributed by atoms with Crippen molar-refractivity contribution in [2.45, 2.75) is 6.92 Å². The van der Waals surface area contributed by atoms with Gasteiger partial charge in [-0.15, -0.1) is 0 Å². The van der Waals surface area contributed by atoms with Crippen molar-refractivity contribution in [3.8, 4) is 0 Å². The summed E-state index contributed by atoms with van der Waals surface area (Å²) in [6.07, 6.45) is 1.43. The molecule has 2 rings (SSSR count). The number of ketones is 1. The third-order valence-electron chi connectivity index (χ3n) is 2.77. The molecular weight excluding hydrogens is 268 g/mol.